The SMILES string of the molecule is CCn1c([C@@H](N)CCCNC(=O)OC(C)(C)C)nc2cc(OC)ccc21. The van der Waals surface area contributed by atoms with Crippen LogP contribution in [0.4, 0.5) is 4.79 Å². The lowest BCUT2D eigenvalue weighted by molar-refractivity contribution is 0.0526. The first-order valence-corrected chi connectivity index (χ1v) is 9.01. The summed E-state index contributed by atoms with van der Waals surface area (Å²) in [5, 5.41) is 2.76. The summed E-state index contributed by atoms with van der Waals surface area (Å²) < 4.78 is 12.6. The standard InChI is InChI=1S/C19H30N4O3/c1-6-23-16-10-9-13(25-5)12-15(16)22-17(23)14(20)8-7-11-21-18(24)26-19(2,3)4/h9-10,12,14H,6-8,11,20H2,1-5H3,(H,21,24)/t14-/m0/s1. The van der Waals surface area contributed by atoms with Gasteiger partial charge in [-0.15, -0.1) is 0 Å². The van der Waals surface area contributed by atoms with E-state index in [1.165, 1.54) is 0 Å². The number of methoxy groups -OCH3 is 1. The molecular weight excluding hydrogens is 332 g/mol. The Kier molecular flexibility index (Phi) is 6.47. The quantitative estimate of drug-likeness (QED) is 0.737. The largest absolute Gasteiger partial charge is 0.497 e. The van der Waals surface area contributed by atoms with Gasteiger partial charge in [-0.3, -0.25) is 0 Å². The molecule has 1 amide bonds. The van der Waals surface area contributed by atoms with Gasteiger partial charge in [-0.25, -0.2) is 9.78 Å². The third kappa shape index (κ3) is 5.11. The second-order valence-corrected chi connectivity index (χ2v) is 7.25. The predicted octanol–water partition coefficient (Wildman–Crippen LogP) is 3.37. The van der Waals surface area contributed by atoms with Crippen LogP contribution in [-0.4, -0.2) is 34.9 Å². The molecule has 7 heteroatoms. The van der Waals surface area contributed by atoms with Gasteiger partial charge in [0.15, 0.2) is 0 Å². The van der Waals surface area contributed by atoms with E-state index in [1.807, 2.05) is 39.0 Å². The van der Waals surface area contributed by atoms with Crippen LogP contribution in [-0.2, 0) is 11.3 Å². The van der Waals surface area contributed by atoms with E-state index in [0.717, 1.165) is 42.0 Å². The molecule has 7 nitrogen and oxygen atoms in total. The number of hydrogen-bond donors (Lipinski definition) is 2. The van der Waals surface area contributed by atoms with Gasteiger partial charge in [-0.1, -0.05) is 0 Å². The first-order valence-electron chi connectivity index (χ1n) is 9.01. The molecule has 0 bridgehead atoms. The van der Waals surface area contributed by atoms with Crippen LogP contribution in [0.2, 0.25) is 0 Å². The molecule has 1 atom stereocenters. The van der Waals surface area contributed by atoms with Crippen molar-refractivity contribution in [2.75, 3.05) is 13.7 Å². The Balaban J connectivity index is 1.96. The fourth-order valence-corrected chi connectivity index (χ4v) is 2.83. The summed E-state index contributed by atoms with van der Waals surface area (Å²) in [6, 6.07) is 5.65. The molecule has 26 heavy (non-hydrogen) atoms. The Morgan fingerprint density at radius 2 is 2.12 bits per heavy atom. The molecule has 0 aliphatic rings. The molecule has 0 aliphatic carbocycles. The number of fused-ring (bicyclic) bond motifs is 1. The monoisotopic (exact) mass is 362 g/mol. The lowest BCUT2D eigenvalue weighted by atomic mass is 10.1. The Morgan fingerprint density at radius 1 is 1.38 bits per heavy atom. The maximum atomic E-state index is 11.7. The minimum Gasteiger partial charge on any atom is -0.497 e. The van der Waals surface area contributed by atoms with Crippen molar-refractivity contribution in [3.8, 4) is 5.75 Å². The highest BCUT2D eigenvalue weighted by Crippen LogP contribution is 2.25. The molecule has 2 aromatic rings. The van der Waals surface area contributed by atoms with E-state index in [9.17, 15) is 4.79 Å². The minimum atomic E-state index is -0.493. The van der Waals surface area contributed by atoms with Crippen molar-refractivity contribution < 1.29 is 14.3 Å². The van der Waals surface area contributed by atoms with Crippen molar-refractivity contribution in [2.45, 2.75) is 58.7 Å². The molecule has 1 aromatic carbocycles. The second kappa shape index (κ2) is 8.40. The summed E-state index contributed by atoms with van der Waals surface area (Å²) in [5.41, 5.74) is 7.80. The van der Waals surface area contributed by atoms with Crippen LogP contribution in [0.3, 0.4) is 0 Å². The zero-order valence-corrected chi connectivity index (χ0v) is 16.3. The predicted molar refractivity (Wildman–Crippen MR) is 102 cm³/mol. The molecule has 0 saturated carbocycles. The summed E-state index contributed by atoms with van der Waals surface area (Å²) in [5.74, 6) is 1.63. The van der Waals surface area contributed by atoms with Crippen molar-refractivity contribution in [3.05, 3.63) is 24.0 Å². The number of aryl methyl sites for hydroxylation is 1. The van der Waals surface area contributed by atoms with E-state index >= 15 is 0 Å². The third-order valence-electron chi connectivity index (χ3n) is 3.99. The van der Waals surface area contributed by atoms with Crippen molar-refractivity contribution in [1.29, 1.82) is 0 Å². The van der Waals surface area contributed by atoms with Crippen LogP contribution in [0.25, 0.3) is 11.0 Å². The summed E-state index contributed by atoms with van der Waals surface area (Å²) in [6.07, 6.45) is 1.06. The number of amides is 1. The highest BCUT2D eigenvalue weighted by atomic mass is 16.6. The molecule has 144 valence electrons. The Bertz CT molecular complexity index is 749. The van der Waals surface area contributed by atoms with Gasteiger partial charge in [-0.2, -0.15) is 0 Å². The Hall–Kier alpha value is -2.28. The van der Waals surface area contributed by atoms with Crippen molar-refractivity contribution >= 4 is 17.1 Å². The highest BCUT2D eigenvalue weighted by molar-refractivity contribution is 5.78. The zero-order valence-electron chi connectivity index (χ0n) is 16.3. The molecular formula is C19H30N4O3. The third-order valence-corrected chi connectivity index (χ3v) is 3.99. The molecule has 0 fully saturated rings. The summed E-state index contributed by atoms with van der Waals surface area (Å²) in [6.45, 7) is 8.91. The average Bonchev–Trinajstić information content (AvgIpc) is 2.94. The van der Waals surface area contributed by atoms with Gasteiger partial charge in [-0.05, 0) is 52.7 Å². The van der Waals surface area contributed by atoms with E-state index in [0.29, 0.717) is 6.54 Å². The summed E-state index contributed by atoms with van der Waals surface area (Å²) in [7, 11) is 1.64. The number of imidazole rings is 1. The number of alkyl carbamates (subject to hydrolysis) is 1. The van der Waals surface area contributed by atoms with Gasteiger partial charge >= 0.3 is 6.09 Å². The van der Waals surface area contributed by atoms with E-state index < -0.39 is 11.7 Å². The fraction of sp³-hybridized carbons (Fsp3) is 0.579. The molecule has 0 spiro atoms. The molecule has 0 unspecified atom stereocenters. The first-order chi connectivity index (χ1) is 12.2. The van der Waals surface area contributed by atoms with Crippen molar-refractivity contribution in [1.82, 2.24) is 14.9 Å². The molecule has 0 radical (unpaired) electrons. The molecule has 0 aliphatic heterocycles. The lowest BCUT2D eigenvalue weighted by Crippen LogP contribution is -2.33. The summed E-state index contributed by atoms with van der Waals surface area (Å²) >= 11 is 0. The number of hydrogen-bond acceptors (Lipinski definition) is 5. The fourth-order valence-electron chi connectivity index (χ4n) is 2.83. The normalized spacial score (nSPS) is 12.8. The average molecular weight is 362 g/mol. The molecule has 3 N–H and O–H groups in total. The smallest absolute Gasteiger partial charge is 0.407 e. The van der Waals surface area contributed by atoms with E-state index in [-0.39, 0.29) is 6.04 Å². The van der Waals surface area contributed by atoms with E-state index in [4.69, 9.17) is 20.2 Å². The lowest BCUT2D eigenvalue weighted by Gasteiger charge is -2.20. The molecule has 1 heterocycles. The van der Waals surface area contributed by atoms with Crippen LogP contribution < -0.4 is 15.8 Å². The highest BCUT2D eigenvalue weighted by Gasteiger charge is 2.18. The number of nitrogens with one attached hydrogen (secondary N) is 1. The molecule has 1 aromatic heterocycles. The van der Waals surface area contributed by atoms with Gasteiger partial charge < -0.3 is 25.1 Å². The maximum Gasteiger partial charge on any atom is 0.407 e. The van der Waals surface area contributed by atoms with Gasteiger partial charge in [0.1, 0.15) is 17.2 Å². The first kappa shape index (κ1) is 20.0. The number of carbonyl (C=O) groups is 1. The zero-order chi connectivity index (χ0) is 19.3. The van der Waals surface area contributed by atoms with Crippen LogP contribution in [0, 0.1) is 0 Å². The number of carbonyl (C=O) groups excluding carboxylic acids is 1. The van der Waals surface area contributed by atoms with Crippen LogP contribution in [0.1, 0.15) is 52.4 Å². The Morgan fingerprint density at radius 3 is 2.73 bits per heavy atom. The van der Waals surface area contributed by atoms with E-state index in [2.05, 4.69) is 16.8 Å². The summed E-state index contributed by atoms with van der Waals surface area (Å²) in [4.78, 5) is 16.4. The number of rotatable bonds is 7. The molecule has 0 saturated heterocycles. The van der Waals surface area contributed by atoms with Gasteiger partial charge in [0, 0.05) is 19.2 Å². The van der Waals surface area contributed by atoms with Gasteiger partial charge in [0.25, 0.3) is 0 Å². The topological polar surface area (TPSA) is 91.4 Å². The van der Waals surface area contributed by atoms with Crippen LogP contribution in [0.5, 0.6) is 5.75 Å². The van der Waals surface area contributed by atoms with E-state index in [1.54, 1.807) is 7.11 Å². The number of nitrogens with two attached hydrogens (primary N) is 1. The van der Waals surface area contributed by atoms with Crippen molar-refractivity contribution in [3.63, 3.8) is 0 Å². The minimum absolute atomic E-state index is 0.200. The Labute approximate surface area is 154 Å². The number of aromatic nitrogens is 2. The number of nitrogens with zero attached hydrogens (tertiary/aromatic N) is 2. The van der Waals surface area contributed by atoms with Crippen LogP contribution in [0.15, 0.2) is 18.2 Å². The van der Waals surface area contributed by atoms with Crippen molar-refractivity contribution in [2.24, 2.45) is 5.73 Å². The van der Waals surface area contributed by atoms with Crippen LogP contribution >= 0.6 is 0 Å². The van der Waals surface area contributed by atoms with Gasteiger partial charge in [0.05, 0.1) is 24.2 Å². The van der Waals surface area contributed by atoms with Gasteiger partial charge in [0.2, 0.25) is 0 Å². The number of benzene rings is 1. The number of ether oxygens (including phenoxy) is 2. The molecule has 2 rings (SSSR count). The maximum absolute atomic E-state index is 11.7. The second-order valence-electron chi connectivity index (χ2n) is 7.25.